The molecule has 0 spiro atoms. The van der Waals surface area contributed by atoms with Crippen LogP contribution >= 0.6 is 0 Å². The number of carbonyl (C=O) groups excluding carboxylic acids is 2. The van der Waals surface area contributed by atoms with Crippen molar-refractivity contribution in [3.8, 4) is 11.5 Å². The van der Waals surface area contributed by atoms with Crippen LogP contribution in [0.4, 0.5) is 5.69 Å². The largest absolute Gasteiger partial charge is 0.497 e. The highest BCUT2D eigenvalue weighted by atomic mass is 16.5. The van der Waals surface area contributed by atoms with E-state index in [0.29, 0.717) is 18.0 Å². The summed E-state index contributed by atoms with van der Waals surface area (Å²) >= 11 is 0. The van der Waals surface area contributed by atoms with E-state index in [1.165, 1.54) is 10.5 Å². The molecule has 2 aromatic carbocycles. The smallest absolute Gasteiger partial charge is 0.251 e. The van der Waals surface area contributed by atoms with Crippen molar-refractivity contribution in [3.05, 3.63) is 53.7 Å². The highest BCUT2D eigenvalue weighted by Crippen LogP contribution is 2.36. The maximum atomic E-state index is 13.2. The van der Waals surface area contributed by atoms with Crippen molar-refractivity contribution in [2.45, 2.75) is 25.4 Å². The molecule has 7 nitrogen and oxygen atoms in total. The molecular weight excluding hydrogens is 382 g/mol. The summed E-state index contributed by atoms with van der Waals surface area (Å²) in [6.07, 6.45) is 0.995. The van der Waals surface area contributed by atoms with Gasteiger partial charge in [-0.15, -0.1) is 0 Å². The molecule has 154 valence electrons. The van der Waals surface area contributed by atoms with Crippen LogP contribution < -0.4 is 14.4 Å². The second kappa shape index (κ2) is 7.18. The minimum Gasteiger partial charge on any atom is -0.497 e. The number of imide groups is 1. The Morgan fingerprint density at radius 3 is 2.70 bits per heavy atom. The molecule has 30 heavy (non-hydrogen) atoms. The van der Waals surface area contributed by atoms with Crippen LogP contribution in [0.5, 0.6) is 11.5 Å². The summed E-state index contributed by atoms with van der Waals surface area (Å²) in [4.78, 5) is 32.9. The molecule has 0 radical (unpaired) electrons. The van der Waals surface area contributed by atoms with Crippen molar-refractivity contribution in [3.63, 3.8) is 0 Å². The van der Waals surface area contributed by atoms with Crippen LogP contribution in [0.3, 0.4) is 0 Å². The third-order valence-corrected chi connectivity index (χ3v) is 6.10. The predicted molar refractivity (Wildman–Crippen MR) is 113 cm³/mol. The van der Waals surface area contributed by atoms with E-state index in [1.807, 2.05) is 24.3 Å². The molecule has 3 aromatic rings. The van der Waals surface area contributed by atoms with Gasteiger partial charge in [-0.05, 0) is 42.3 Å². The molecule has 2 amide bonds. The number of hydrogen-bond donors (Lipinski definition) is 1. The summed E-state index contributed by atoms with van der Waals surface area (Å²) in [5.41, 5.74) is 3.93. The lowest BCUT2D eigenvalue weighted by atomic mass is 10.0. The number of H-pyrrole nitrogens is 1. The molecule has 2 aliphatic rings. The second-order valence-electron chi connectivity index (χ2n) is 7.67. The van der Waals surface area contributed by atoms with Gasteiger partial charge in [0.25, 0.3) is 5.91 Å². The van der Waals surface area contributed by atoms with Gasteiger partial charge in [0.1, 0.15) is 11.5 Å². The molecular formula is C23H23N3O4. The Balaban J connectivity index is 1.42. The Kier molecular flexibility index (Phi) is 4.47. The quantitative estimate of drug-likeness (QED) is 0.676. The van der Waals surface area contributed by atoms with Crippen LogP contribution in [0, 0.1) is 0 Å². The van der Waals surface area contributed by atoms with E-state index in [2.05, 4.69) is 9.88 Å². The Morgan fingerprint density at radius 2 is 1.90 bits per heavy atom. The van der Waals surface area contributed by atoms with E-state index in [0.717, 1.165) is 35.3 Å². The van der Waals surface area contributed by atoms with E-state index in [9.17, 15) is 9.59 Å². The number of nitrogens with one attached hydrogen (secondary N) is 1. The van der Waals surface area contributed by atoms with E-state index in [1.54, 1.807) is 32.4 Å². The first kappa shape index (κ1) is 18.7. The SMILES string of the molecule is COc1ccc2[nH]c3c(c2c1)CCN([C@H]1CC(=O)N(c2ccccc2OC)C1=O)C3. The van der Waals surface area contributed by atoms with E-state index >= 15 is 0 Å². The molecule has 0 bridgehead atoms. The van der Waals surface area contributed by atoms with Gasteiger partial charge in [-0.2, -0.15) is 0 Å². The summed E-state index contributed by atoms with van der Waals surface area (Å²) in [6.45, 7) is 1.33. The Morgan fingerprint density at radius 1 is 1.07 bits per heavy atom. The van der Waals surface area contributed by atoms with Crippen molar-refractivity contribution in [1.82, 2.24) is 9.88 Å². The second-order valence-corrected chi connectivity index (χ2v) is 7.67. The van der Waals surface area contributed by atoms with Gasteiger partial charge in [-0.1, -0.05) is 12.1 Å². The molecule has 2 aliphatic heterocycles. The van der Waals surface area contributed by atoms with Gasteiger partial charge in [0.05, 0.1) is 32.4 Å². The number of ether oxygens (including phenoxy) is 2. The first-order valence-electron chi connectivity index (χ1n) is 10.0. The predicted octanol–water partition coefficient (Wildman–Crippen LogP) is 2.88. The number of benzene rings is 2. The number of hydrogen-bond acceptors (Lipinski definition) is 5. The van der Waals surface area contributed by atoms with Gasteiger partial charge < -0.3 is 14.5 Å². The van der Waals surface area contributed by atoms with Crippen LogP contribution in [0.25, 0.3) is 10.9 Å². The number of rotatable bonds is 4. The minimum atomic E-state index is -0.462. The minimum absolute atomic E-state index is 0.181. The van der Waals surface area contributed by atoms with Crippen molar-refractivity contribution in [2.75, 3.05) is 25.7 Å². The Labute approximate surface area is 174 Å². The van der Waals surface area contributed by atoms with E-state index in [4.69, 9.17) is 9.47 Å². The van der Waals surface area contributed by atoms with Crippen LogP contribution in [0.15, 0.2) is 42.5 Å². The summed E-state index contributed by atoms with van der Waals surface area (Å²) in [5.74, 6) is 0.966. The fourth-order valence-electron chi connectivity index (χ4n) is 4.60. The zero-order valence-electron chi connectivity index (χ0n) is 17.0. The number of aromatic amines is 1. The molecule has 1 N–H and O–H groups in total. The van der Waals surface area contributed by atoms with Crippen LogP contribution in [-0.2, 0) is 22.6 Å². The van der Waals surface area contributed by atoms with Gasteiger partial charge in [-0.3, -0.25) is 14.5 Å². The fourth-order valence-corrected chi connectivity index (χ4v) is 4.60. The van der Waals surface area contributed by atoms with Gasteiger partial charge in [-0.25, -0.2) is 4.90 Å². The standard InChI is InChI=1S/C23H23N3O4/c1-29-14-7-8-17-16(11-14)15-9-10-25(13-18(15)24-17)20-12-22(27)26(23(20)28)19-5-3-4-6-21(19)30-2/h3-8,11,20,24H,9-10,12-13H2,1-2H3/t20-/m0/s1. The normalized spacial score (nSPS) is 19.4. The highest BCUT2D eigenvalue weighted by molar-refractivity contribution is 6.23. The number of carbonyl (C=O) groups is 2. The topological polar surface area (TPSA) is 74.9 Å². The van der Waals surface area contributed by atoms with Crippen molar-refractivity contribution < 1.29 is 19.1 Å². The number of fused-ring (bicyclic) bond motifs is 3. The van der Waals surface area contributed by atoms with Gasteiger partial charge >= 0.3 is 0 Å². The lowest BCUT2D eigenvalue weighted by molar-refractivity contribution is -0.123. The van der Waals surface area contributed by atoms with Gasteiger partial charge in [0.2, 0.25) is 5.91 Å². The molecule has 0 unspecified atom stereocenters. The molecule has 1 aromatic heterocycles. The number of anilines is 1. The number of amides is 2. The zero-order valence-corrected chi connectivity index (χ0v) is 17.0. The van der Waals surface area contributed by atoms with Crippen LogP contribution in [0.2, 0.25) is 0 Å². The monoisotopic (exact) mass is 405 g/mol. The molecule has 0 saturated carbocycles. The summed E-state index contributed by atoms with van der Waals surface area (Å²) < 4.78 is 10.7. The first-order chi connectivity index (χ1) is 14.6. The molecule has 1 atom stereocenters. The highest BCUT2D eigenvalue weighted by Gasteiger charge is 2.44. The Bertz CT molecular complexity index is 1150. The van der Waals surface area contributed by atoms with E-state index in [-0.39, 0.29) is 18.2 Å². The fraction of sp³-hybridized carbons (Fsp3) is 0.304. The summed E-state index contributed by atoms with van der Waals surface area (Å²) in [6, 6.07) is 12.7. The maximum absolute atomic E-state index is 13.2. The van der Waals surface area contributed by atoms with Gasteiger partial charge in [0, 0.05) is 29.7 Å². The number of methoxy groups -OCH3 is 2. The molecule has 0 aliphatic carbocycles. The average Bonchev–Trinajstić information content (AvgIpc) is 3.28. The first-order valence-corrected chi connectivity index (χ1v) is 10.0. The maximum Gasteiger partial charge on any atom is 0.251 e. The summed E-state index contributed by atoms with van der Waals surface area (Å²) in [5, 5.41) is 1.16. The van der Waals surface area contributed by atoms with Crippen molar-refractivity contribution in [1.29, 1.82) is 0 Å². The third kappa shape index (κ3) is 2.85. The van der Waals surface area contributed by atoms with Crippen LogP contribution in [-0.4, -0.2) is 48.5 Å². The average molecular weight is 405 g/mol. The van der Waals surface area contributed by atoms with Crippen molar-refractivity contribution in [2.24, 2.45) is 0 Å². The lowest BCUT2D eigenvalue weighted by Crippen LogP contribution is -2.44. The number of para-hydroxylation sites is 2. The van der Waals surface area contributed by atoms with Crippen molar-refractivity contribution >= 4 is 28.4 Å². The number of nitrogens with zero attached hydrogens (tertiary/aromatic N) is 2. The Hall–Kier alpha value is -3.32. The molecule has 7 heteroatoms. The number of aromatic nitrogens is 1. The molecule has 3 heterocycles. The summed E-state index contributed by atoms with van der Waals surface area (Å²) in [7, 11) is 3.20. The third-order valence-electron chi connectivity index (χ3n) is 6.10. The molecule has 1 fully saturated rings. The lowest BCUT2D eigenvalue weighted by Gasteiger charge is -2.31. The zero-order chi connectivity index (χ0) is 20.8. The molecule has 1 saturated heterocycles. The van der Waals surface area contributed by atoms with Gasteiger partial charge in [0.15, 0.2) is 0 Å². The molecule has 5 rings (SSSR count). The van der Waals surface area contributed by atoms with Crippen LogP contribution in [0.1, 0.15) is 17.7 Å². The van der Waals surface area contributed by atoms with E-state index < -0.39 is 6.04 Å².